The van der Waals surface area contributed by atoms with E-state index in [0.717, 1.165) is 53.9 Å². The molecule has 7 heteroatoms. The monoisotopic (exact) mass is 494 g/mol. The number of hydrogen-bond acceptors (Lipinski definition) is 5. The molecule has 2 heterocycles. The zero-order valence-electron chi connectivity index (χ0n) is 20.6. The van der Waals surface area contributed by atoms with E-state index in [1.165, 1.54) is 12.8 Å². The van der Waals surface area contributed by atoms with Gasteiger partial charge in [0.15, 0.2) is 5.78 Å². The molecule has 188 valence electrons. The van der Waals surface area contributed by atoms with Crippen molar-refractivity contribution >= 4 is 34.1 Å². The molecule has 37 heavy (non-hydrogen) atoms. The first kappa shape index (κ1) is 23.4. The molecule has 7 nitrogen and oxygen atoms in total. The molecule has 3 aromatic carbocycles. The first-order valence-electron chi connectivity index (χ1n) is 13.0. The highest BCUT2D eigenvalue weighted by atomic mass is 16.3. The van der Waals surface area contributed by atoms with Crippen molar-refractivity contribution in [3.63, 3.8) is 0 Å². The Morgan fingerprint density at radius 3 is 2.24 bits per heavy atom. The number of imidazole rings is 1. The molecule has 0 unspecified atom stereocenters. The van der Waals surface area contributed by atoms with E-state index in [0.29, 0.717) is 23.6 Å². The van der Waals surface area contributed by atoms with Crippen molar-refractivity contribution in [3.05, 3.63) is 84.2 Å². The molecule has 2 aliphatic rings. The lowest BCUT2D eigenvalue weighted by atomic mass is 10.1. The number of rotatable bonds is 7. The lowest BCUT2D eigenvalue weighted by Crippen LogP contribution is -2.35. The molecule has 1 amide bonds. The number of ketones is 1. The van der Waals surface area contributed by atoms with Crippen molar-refractivity contribution in [1.29, 1.82) is 0 Å². The van der Waals surface area contributed by atoms with Crippen molar-refractivity contribution < 1.29 is 14.7 Å². The van der Waals surface area contributed by atoms with Gasteiger partial charge in [0.2, 0.25) is 0 Å². The molecule has 0 atom stereocenters. The Hall–Kier alpha value is -3.97. The number of nitrogens with one attached hydrogen (secondary N) is 1. The summed E-state index contributed by atoms with van der Waals surface area (Å²) in [7, 11) is 0. The second-order valence-corrected chi connectivity index (χ2v) is 10.2. The molecule has 0 spiro atoms. The third-order valence-corrected chi connectivity index (χ3v) is 7.40. The minimum atomic E-state index is -0.210. The van der Waals surface area contributed by atoms with Gasteiger partial charge >= 0.3 is 0 Å². The Morgan fingerprint density at radius 2 is 1.54 bits per heavy atom. The van der Waals surface area contributed by atoms with Crippen LogP contribution in [0.5, 0.6) is 0 Å². The molecular weight excluding hydrogens is 464 g/mol. The molecule has 1 aromatic heterocycles. The zero-order valence-corrected chi connectivity index (χ0v) is 20.6. The maximum Gasteiger partial charge on any atom is 0.255 e. The van der Waals surface area contributed by atoms with Crippen LogP contribution in [0, 0.1) is 5.92 Å². The van der Waals surface area contributed by atoms with Gasteiger partial charge in [-0.25, -0.2) is 4.98 Å². The Morgan fingerprint density at radius 1 is 0.865 bits per heavy atom. The van der Waals surface area contributed by atoms with Crippen molar-refractivity contribution in [2.24, 2.45) is 5.92 Å². The van der Waals surface area contributed by atoms with Gasteiger partial charge in [0.1, 0.15) is 6.33 Å². The van der Waals surface area contributed by atoms with Crippen molar-refractivity contribution in [2.45, 2.75) is 38.2 Å². The van der Waals surface area contributed by atoms with Crippen molar-refractivity contribution in [3.8, 4) is 5.69 Å². The number of hydrogen-bond donors (Lipinski definition) is 2. The van der Waals surface area contributed by atoms with E-state index in [2.05, 4.69) is 15.2 Å². The average molecular weight is 495 g/mol. The molecule has 0 bridgehead atoms. The number of nitrogens with zero attached hydrogens (tertiary/aromatic N) is 3. The minimum absolute atomic E-state index is 0.175. The molecule has 4 aromatic rings. The summed E-state index contributed by atoms with van der Waals surface area (Å²) in [6, 6.07) is 21.0. The van der Waals surface area contributed by atoms with Crippen LogP contribution in [0.1, 0.15) is 52.8 Å². The van der Waals surface area contributed by atoms with Crippen LogP contribution in [0.15, 0.2) is 73.1 Å². The van der Waals surface area contributed by atoms with Gasteiger partial charge in [-0.05, 0) is 98.3 Å². The highest BCUT2D eigenvalue weighted by Gasteiger charge is 2.25. The van der Waals surface area contributed by atoms with Crippen LogP contribution < -0.4 is 10.2 Å². The van der Waals surface area contributed by atoms with E-state index in [9.17, 15) is 14.7 Å². The summed E-state index contributed by atoms with van der Waals surface area (Å²) < 4.78 is 1.98. The van der Waals surface area contributed by atoms with Crippen LogP contribution in [0.4, 0.5) is 11.4 Å². The maximum atomic E-state index is 12.9. The van der Waals surface area contributed by atoms with E-state index in [1.54, 1.807) is 6.33 Å². The number of amides is 1. The smallest absolute Gasteiger partial charge is 0.255 e. The van der Waals surface area contributed by atoms with Gasteiger partial charge in [-0.15, -0.1) is 0 Å². The number of aromatic nitrogens is 2. The van der Waals surface area contributed by atoms with Gasteiger partial charge in [0, 0.05) is 47.7 Å². The van der Waals surface area contributed by atoms with Gasteiger partial charge in [0.05, 0.1) is 17.1 Å². The summed E-state index contributed by atoms with van der Waals surface area (Å²) in [6.07, 6.45) is 6.08. The number of aliphatic hydroxyl groups is 1. The third-order valence-electron chi connectivity index (χ3n) is 7.40. The fourth-order valence-corrected chi connectivity index (χ4v) is 4.96. The van der Waals surface area contributed by atoms with Gasteiger partial charge < -0.3 is 15.3 Å². The van der Waals surface area contributed by atoms with Crippen molar-refractivity contribution in [1.82, 2.24) is 9.55 Å². The molecule has 2 N–H and O–H groups in total. The molecule has 1 aliphatic carbocycles. The van der Waals surface area contributed by atoms with Gasteiger partial charge in [-0.3, -0.25) is 14.2 Å². The maximum absolute atomic E-state index is 12.9. The predicted octanol–water partition coefficient (Wildman–Crippen LogP) is 5.22. The number of benzene rings is 3. The Balaban J connectivity index is 1.13. The van der Waals surface area contributed by atoms with Crippen LogP contribution in [-0.2, 0) is 0 Å². The number of Topliss-reactive ketones (excluding diaryl/α,β-unsaturated/α-hetero) is 1. The van der Waals surface area contributed by atoms with E-state index in [1.807, 2.05) is 71.3 Å². The van der Waals surface area contributed by atoms with Crippen LogP contribution in [0.3, 0.4) is 0 Å². The number of carbonyl (C=O) groups excluding carboxylic acids is 2. The fourth-order valence-electron chi connectivity index (χ4n) is 4.96. The molecule has 2 fully saturated rings. The van der Waals surface area contributed by atoms with E-state index in [4.69, 9.17) is 0 Å². The summed E-state index contributed by atoms with van der Waals surface area (Å²) in [5, 5.41) is 12.7. The number of aliphatic hydroxyl groups excluding tert-OH is 1. The summed E-state index contributed by atoms with van der Waals surface area (Å²) in [4.78, 5) is 32.0. The molecule has 1 saturated heterocycles. The fraction of sp³-hybridized carbons (Fsp3) is 0.300. The molecule has 1 aliphatic heterocycles. The van der Waals surface area contributed by atoms with Crippen LogP contribution in [0.25, 0.3) is 16.7 Å². The summed E-state index contributed by atoms with van der Waals surface area (Å²) in [5.74, 6) is 0.617. The van der Waals surface area contributed by atoms with Gasteiger partial charge in [-0.1, -0.05) is 0 Å². The van der Waals surface area contributed by atoms with Crippen LogP contribution in [-0.4, -0.2) is 45.5 Å². The Kier molecular flexibility index (Phi) is 6.22. The molecular formula is C30H30N4O3. The summed E-state index contributed by atoms with van der Waals surface area (Å²) in [5.41, 5.74) is 5.72. The average Bonchev–Trinajstić information content (AvgIpc) is 3.64. The van der Waals surface area contributed by atoms with E-state index >= 15 is 0 Å². The zero-order chi connectivity index (χ0) is 25.4. The Bertz CT molecular complexity index is 1430. The highest BCUT2D eigenvalue weighted by molar-refractivity contribution is 6.05. The molecule has 6 rings (SSSR count). The number of piperidine rings is 1. The first-order valence-corrected chi connectivity index (χ1v) is 13.0. The highest BCUT2D eigenvalue weighted by Crippen LogP contribution is 2.33. The first-order chi connectivity index (χ1) is 18.0. The van der Waals surface area contributed by atoms with E-state index in [-0.39, 0.29) is 17.8 Å². The predicted molar refractivity (Wildman–Crippen MR) is 145 cm³/mol. The Labute approximate surface area is 215 Å². The molecule has 1 saturated carbocycles. The van der Waals surface area contributed by atoms with Crippen molar-refractivity contribution in [2.75, 3.05) is 23.3 Å². The topological polar surface area (TPSA) is 87.5 Å². The van der Waals surface area contributed by atoms with Gasteiger partial charge in [0.25, 0.3) is 5.91 Å². The number of carbonyl (C=O) groups is 2. The minimum Gasteiger partial charge on any atom is -0.393 e. The lowest BCUT2D eigenvalue weighted by molar-refractivity contribution is 0.0974. The standard InChI is InChI=1S/C30H30N4O3/c35-26-13-15-33(16-14-26)24-8-5-22(6-9-24)30(37)32-23-7-12-28-27(18-23)31-19-34(28)25-10-3-21(4-11-25)29(36)17-20-1-2-20/h3-12,18-20,26,35H,1-2,13-17H2,(H,32,37). The number of anilines is 2. The third kappa shape index (κ3) is 5.13. The quantitative estimate of drug-likeness (QED) is 0.344. The second-order valence-electron chi connectivity index (χ2n) is 10.2. The summed E-state index contributed by atoms with van der Waals surface area (Å²) >= 11 is 0. The normalized spacial score (nSPS) is 16.2. The van der Waals surface area contributed by atoms with Crippen LogP contribution in [0.2, 0.25) is 0 Å². The lowest BCUT2D eigenvalue weighted by Gasteiger charge is -2.31. The molecule has 0 radical (unpaired) electrons. The van der Waals surface area contributed by atoms with Crippen LogP contribution >= 0.6 is 0 Å². The number of fused-ring (bicyclic) bond motifs is 1. The second kappa shape index (κ2) is 9.82. The van der Waals surface area contributed by atoms with Gasteiger partial charge in [-0.2, -0.15) is 0 Å². The van der Waals surface area contributed by atoms with E-state index < -0.39 is 0 Å². The largest absolute Gasteiger partial charge is 0.393 e. The SMILES string of the molecule is O=C(CC1CC1)c1ccc(-n2cnc3cc(NC(=O)c4ccc(N5CCC(O)CC5)cc4)ccc32)cc1. The summed E-state index contributed by atoms with van der Waals surface area (Å²) in [6.45, 7) is 1.64.